The highest BCUT2D eigenvalue weighted by atomic mass is 32.2. The monoisotopic (exact) mass is 290 g/mol. The minimum absolute atomic E-state index is 0.186. The molecule has 0 bridgehead atoms. The molecule has 108 valence electrons. The van der Waals surface area contributed by atoms with Crippen LogP contribution in [0, 0.1) is 0 Å². The molecule has 1 aliphatic carbocycles. The average molecular weight is 290 g/mol. The van der Waals surface area contributed by atoms with Gasteiger partial charge in [0.2, 0.25) is 5.91 Å². The number of amides is 1. The van der Waals surface area contributed by atoms with E-state index in [2.05, 4.69) is 11.0 Å². The van der Waals surface area contributed by atoms with Crippen molar-refractivity contribution in [1.29, 1.82) is 0 Å². The topological polar surface area (TPSA) is 46.3 Å². The van der Waals surface area contributed by atoms with Crippen LogP contribution in [-0.4, -0.2) is 27.9 Å². The summed E-state index contributed by atoms with van der Waals surface area (Å²) >= 11 is 1.84. The normalized spacial score (nSPS) is 22.5. The first-order valence-corrected chi connectivity index (χ1v) is 8.55. The molecule has 20 heavy (non-hydrogen) atoms. The van der Waals surface area contributed by atoms with Crippen LogP contribution in [0.1, 0.15) is 37.7 Å². The Labute approximate surface area is 124 Å². The Hall–Kier alpha value is -1.16. The molecule has 1 amide bonds. The Bertz CT molecular complexity index is 481. The molecule has 1 aromatic carbocycles. The average Bonchev–Trinajstić information content (AvgIpc) is 3.30. The summed E-state index contributed by atoms with van der Waals surface area (Å²) in [4.78, 5) is 14.8. The van der Waals surface area contributed by atoms with Gasteiger partial charge in [-0.2, -0.15) is 0 Å². The summed E-state index contributed by atoms with van der Waals surface area (Å²) in [6.07, 6.45) is 5.81. The molecule has 1 saturated heterocycles. The fourth-order valence-corrected chi connectivity index (χ4v) is 4.05. The fourth-order valence-electron chi connectivity index (χ4n) is 2.78. The van der Waals surface area contributed by atoms with Gasteiger partial charge in [0.1, 0.15) is 0 Å². The third-order valence-electron chi connectivity index (χ3n) is 4.03. The first kappa shape index (κ1) is 13.8. The van der Waals surface area contributed by atoms with Gasteiger partial charge in [0.25, 0.3) is 0 Å². The number of carbonyl (C=O) groups is 1. The van der Waals surface area contributed by atoms with Gasteiger partial charge in [-0.3, -0.25) is 4.79 Å². The number of hydrogen-bond acceptors (Lipinski definition) is 3. The molecule has 1 aromatic rings. The Morgan fingerprint density at radius 2 is 2.15 bits per heavy atom. The molecule has 0 aromatic heterocycles. The summed E-state index contributed by atoms with van der Waals surface area (Å²) in [5.74, 6) is 1.48. The molecule has 1 aliphatic heterocycles. The molecule has 1 atom stereocenters. The predicted octanol–water partition coefficient (Wildman–Crippen LogP) is 3.05. The van der Waals surface area contributed by atoms with Crippen molar-refractivity contribution in [3.8, 4) is 0 Å². The third-order valence-corrected chi connectivity index (χ3v) is 5.39. The predicted molar refractivity (Wildman–Crippen MR) is 84.5 cm³/mol. The zero-order chi connectivity index (χ0) is 13.9. The van der Waals surface area contributed by atoms with Gasteiger partial charge >= 0.3 is 0 Å². The summed E-state index contributed by atoms with van der Waals surface area (Å²) in [6, 6.07) is 8.37. The Balaban J connectivity index is 1.70. The lowest BCUT2D eigenvalue weighted by Gasteiger charge is -2.29. The lowest BCUT2D eigenvalue weighted by Crippen LogP contribution is -2.39. The van der Waals surface area contributed by atoms with Crippen molar-refractivity contribution in [2.75, 3.05) is 11.5 Å². The van der Waals surface area contributed by atoms with E-state index in [0.29, 0.717) is 18.5 Å². The minimum atomic E-state index is 0.186. The van der Waals surface area contributed by atoms with Crippen LogP contribution < -0.4 is 5.73 Å². The molecule has 3 rings (SSSR count). The van der Waals surface area contributed by atoms with Crippen molar-refractivity contribution < 1.29 is 4.79 Å². The molecule has 2 N–H and O–H groups in total. The lowest BCUT2D eigenvalue weighted by molar-refractivity contribution is -0.132. The number of rotatable bonds is 4. The molecular weight excluding hydrogens is 268 g/mol. The van der Waals surface area contributed by atoms with Crippen LogP contribution in [0.2, 0.25) is 0 Å². The fraction of sp³-hybridized carbons (Fsp3) is 0.562. The first-order valence-electron chi connectivity index (χ1n) is 7.50. The Kier molecular flexibility index (Phi) is 4.20. The van der Waals surface area contributed by atoms with Crippen LogP contribution in [0.5, 0.6) is 0 Å². The van der Waals surface area contributed by atoms with Crippen LogP contribution in [0.3, 0.4) is 0 Å². The third kappa shape index (κ3) is 3.29. The van der Waals surface area contributed by atoms with E-state index in [4.69, 9.17) is 5.73 Å². The highest BCUT2D eigenvalue weighted by molar-refractivity contribution is 8.00. The van der Waals surface area contributed by atoms with Crippen molar-refractivity contribution in [2.45, 2.75) is 49.9 Å². The van der Waals surface area contributed by atoms with Crippen molar-refractivity contribution in [3.63, 3.8) is 0 Å². The molecule has 4 heteroatoms. The van der Waals surface area contributed by atoms with Crippen molar-refractivity contribution in [2.24, 2.45) is 0 Å². The molecule has 2 fully saturated rings. The van der Waals surface area contributed by atoms with E-state index in [1.807, 2.05) is 30.0 Å². The number of nitrogens with zero attached hydrogens (tertiary/aromatic N) is 1. The van der Waals surface area contributed by atoms with Crippen LogP contribution in [0.25, 0.3) is 0 Å². The quantitative estimate of drug-likeness (QED) is 0.867. The Morgan fingerprint density at radius 1 is 1.30 bits per heavy atom. The van der Waals surface area contributed by atoms with Gasteiger partial charge in [-0.1, -0.05) is 18.6 Å². The Morgan fingerprint density at radius 3 is 2.80 bits per heavy atom. The van der Waals surface area contributed by atoms with E-state index in [-0.39, 0.29) is 5.25 Å². The minimum Gasteiger partial charge on any atom is -0.399 e. The number of anilines is 1. The van der Waals surface area contributed by atoms with Crippen LogP contribution in [0.4, 0.5) is 5.69 Å². The molecule has 2 aliphatic rings. The second-order valence-corrected chi connectivity index (χ2v) is 7.11. The molecule has 1 heterocycles. The van der Waals surface area contributed by atoms with Crippen molar-refractivity contribution >= 4 is 23.4 Å². The highest BCUT2D eigenvalue weighted by Crippen LogP contribution is 2.33. The van der Waals surface area contributed by atoms with Crippen LogP contribution >= 0.6 is 11.8 Å². The number of benzene rings is 1. The summed E-state index contributed by atoms with van der Waals surface area (Å²) in [7, 11) is 0. The van der Waals surface area contributed by atoms with Gasteiger partial charge in [0, 0.05) is 18.3 Å². The van der Waals surface area contributed by atoms with E-state index in [1.165, 1.54) is 12.8 Å². The molecule has 3 nitrogen and oxygen atoms in total. The van der Waals surface area contributed by atoms with Gasteiger partial charge in [-0.25, -0.2) is 0 Å². The second-order valence-electron chi connectivity index (χ2n) is 5.80. The van der Waals surface area contributed by atoms with Crippen LogP contribution in [0.15, 0.2) is 24.3 Å². The number of carbonyl (C=O) groups excluding carboxylic acids is 1. The van der Waals surface area contributed by atoms with E-state index in [0.717, 1.165) is 36.3 Å². The van der Waals surface area contributed by atoms with E-state index >= 15 is 0 Å². The second kappa shape index (κ2) is 6.08. The molecule has 0 spiro atoms. The zero-order valence-corrected chi connectivity index (χ0v) is 12.6. The zero-order valence-electron chi connectivity index (χ0n) is 11.8. The van der Waals surface area contributed by atoms with Gasteiger partial charge in [-0.15, -0.1) is 11.8 Å². The van der Waals surface area contributed by atoms with Crippen LogP contribution in [-0.2, 0) is 11.3 Å². The maximum Gasteiger partial charge on any atom is 0.236 e. The smallest absolute Gasteiger partial charge is 0.236 e. The maximum absolute atomic E-state index is 12.7. The van der Waals surface area contributed by atoms with Gasteiger partial charge < -0.3 is 10.6 Å². The number of nitrogen functional groups attached to an aromatic ring is 1. The van der Waals surface area contributed by atoms with E-state index in [1.54, 1.807) is 0 Å². The lowest BCUT2D eigenvalue weighted by atomic mass is 10.1. The first-order chi connectivity index (χ1) is 9.74. The van der Waals surface area contributed by atoms with Gasteiger partial charge in [-0.05, 0) is 49.1 Å². The van der Waals surface area contributed by atoms with Gasteiger partial charge in [0.05, 0.1) is 5.25 Å². The summed E-state index contributed by atoms with van der Waals surface area (Å²) in [5, 5.41) is 0.186. The summed E-state index contributed by atoms with van der Waals surface area (Å²) < 4.78 is 0. The van der Waals surface area contributed by atoms with E-state index in [9.17, 15) is 4.79 Å². The van der Waals surface area contributed by atoms with E-state index < -0.39 is 0 Å². The molecule has 1 saturated carbocycles. The molecule has 1 unspecified atom stereocenters. The van der Waals surface area contributed by atoms with Crippen molar-refractivity contribution in [3.05, 3.63) is 29.8 Å². The standard InChI is InChI=1S/C16H22N2OS/c17-13-5-3-4-12(10-13)11-18(14-7-8-14)16(19)15-6-1-2-9-20-15/h3-5,10,14-15H,1-2,6-9,11,17H2. The largest absolute Gasteiger partial charge is 0.399 e. The SMILES string of the molecule is Nc1cccc(CN(C(=O)C2CCCCS2)C2CC2)c1. The number of thioether (sulfide) groups is 1. The number of hydrogen-bond donors (Lipinski definition) is 1. The van der Waals surface area contributed by atoms with Gasteiger partial charge in [0.15, 0.2) is 0 Å². The molecule has 0 radical (unpaired) electrons. The summed E-state index contributed by atoms with van der Waals surface area (Å²) in [5.41, 5.74) is 7.76. The highest BCUT2D eigenvalue weighted by Gasteiger charge is 2.36. The summed E-state index contributed by atoms with van der Waals surface area (Å²) in [6.45, 7) is 0.714. The molecular formula is C16H22N2OS. The maximum atomic E-state index is 12.7. The number of nitrogens with two attached hydrogens (primary N) is 1. The van der Waals surface area contributed by atoms with Crippen molar-refractivity contribution in [1.82, 2.24) is 4.90 Å².